The maximum absolute atomic E-state index is 11.3. The summed E-state index contributed by atoms with van der Waals surface area (Å²) >= 11 is 0. The Bertz CT molecular complexity index is 409. The Hall–Kier alpha value is -1.50. The first-order valence-corrected chi connectivity index (χ1v) is 7.15. The predicted octanol–water partition coefficient (Wildman–Crippen LogP) is -3.91. The zero-order valence-electron chi connectivity index (χ0n) is 12.4. The van der Waals surface area contributed by atoms with E-state index in [0.717, 1.165) is 0 Å². The van der Waals surface area contributed by atoms with Crippen LogP contribution in [0.3, 0.4) is 0 Å². The number of aliphatic hydroxyl groups excluding tert-OH is 4. The molecule has 1 unspecified atom stereocenters. The number of nitrogens with two attached hydrogens (primary N) is 1. The molecule has 0 aromatic heterocycles. The minimum atomic E-state index is -1.58. The van der Waals surface area contributed by atoms with Gasteiger partial charge in [0.05, 0.1) is 6.61 Å². The normalized spacial score (nSPS) is 32.3. The molecule has 1 rings (SSSR count). The molecule has 10 N–H and O–H groups in total. The van der Waals surface area contributed by atoms with Crippen LogP contribution in [-0.2, 0) is 9.53 Å². The van der Waals surface area contributed by atoms with Gasteiger partial charge in [0.15, 0.2) is 5.96 Å². The van der Waals surface area contributed by atoms with Gasteiger partial charge in [-0.05, 0) is 12.8 Å². The first kappa shape index (κ1) is 19.5. The van der Waals surface area contributed by atoms with Gasteiger partial charge >= 0.3 is 5.97 Å². The molecule has 11 heteroatoms. The topological polar surface area (TPSA) is 201 Å². The quantitative estimate of drug-likeness (QED) is 0.120. The average Bonchev–Trinajstić information content (AvgIpc) is 2.49. The van der Waals surface area contributed by atoms with Crippen LogP contribution in [-0.4, -0.2) is 87.3 Å². The number of hydrogen-bond donors (Lipinski definition) is 9. The molecule has 0 spiro atoms. The largest absolute Gasteiger partial charge is 0.480 e. The molecule has 23 heavy (non-hydrogen) atoms. The second-order valence-electron chi connectivity index (χ2n) is 5.29. The van der Waals surface area contributed by atoms with E-state index in [1.165, 1.54) is 0 Å². The van der Waals surface area contributed by atoms with E-state index < -0.39 is 49.3 Å². The summed E-state index contributed by atoms with van der Waals surface area (Å²) < 4.78 is 5.20. The van der Waals surface area contributed by atoms with Crippen molar-refractivity contribution in [1.29, 1.82) is 5.41 Å². The fraction of sp³-hybridized carbons (Fsp3) is 0.833. The highest BCUT2D eigenvalue weighted by atomic mass is 16.6. The van der Waals surface area contributed by atoms with Crippen molar-refractivity contribution in [2.75, 3.05) is 13.2 Å². The number of hydrogen-bond acceptors (Lipinski definition) is 8. The molecule has 0 aliphatic carbocycles. The highest BCUT2D eigenvalue weighted by Gasteiger charge is 2.44. The van der Waals surface area contributed by atoms with Crippen LogP contribution in [0, 0.1) is 5.41 Å². The molecule has 134 valence electrons. The molecule has 11 nitrogen and oxygen atoms in total. The lowest BCUT2D eigenvalue weighted by Crippen LogP contribution is -2.64. The molecule has 0 aromatic rings. The van der Waals surface area contributed by atoms with E-state index in [0.29, 0.717) is 13.0 Å². The maximum Gasteiger partial charge on any atom is 0.320 e. The summed E-state index contributed by atoms with van der Waals surface area (Å²) in [5, 5.41) is 59.5. The minimum Gasteiger partial charge on any atom is -0.480 e. The van der Waals surface area contributed by atoms with Gasteiger partial charge in [0.25, 0.3) is 0 Å². The number of carboxylic acid groups (broad SMARTS) is 1. The third-order valence-electron chi connectivity index (χ3n) is 3.54. The lowest BCUT2D eigenvalue weighted by molar-refractivity contribution is -0.238. The van der Waals surface area contributed by atoms with Crippen molar-refractivity contribution in [1.82, 2.24) is 10.6 Å². The maximum atomic E-state index is 11.3. The van der Waals surface area contributed by atoms with Crippen LogP contribution in [0.5, 0.6) is 0 Å². The molecule has 1 aliphatic heterocycles. The van der Waals surface area contributed by atoms with Gasteiger partial charge in [0, 0.05) is 6.54 Å². The summed E-state index contributed by atoms with van der Waals surface area (Å²) in [4.78, 5) is 11.3. The average molecular weight is 336 g/mol. The number of carbonyl (C=O) groups is 1. The summed E-state index contributed by atoms with van der Waals surface area (Å²) in [5.74, 6) is -1.41. The van der Waals surface area contributed by atoms with Gasteiger partial charge in [0.2, 0.25) is 0 Å². The monoisotopic (exact) mass is 336 g/mol. The second kappa shape index (κ2) is 8.96. The summed E-state index contributed by atoms with van der Waals surface area (Å²) in [6, 6.07) is -1.09. The van der Waals surface area contributed by atoms with Gasteiger partial charge in [-0.2, -0.15) is 0 Å². The van der Waals surface area contributed by atoms with Crippen molar-refractivity contribution in [2.24, 2.45) is 5.73 Å². The van der Waals surface area contributed by atoms with E-state index in [4.69, 9.17) is 21.0 Å². The van der Waals surface area contributed by atoms with Gasteiger partial charge in [-0.3, -0.25) is 15.5 Å². The fourth-order valence-electron chi connectivity index (χ4n) is 2.24. The van der Waals surface area contributed by atoms with E-state index >= 15 is 0 Å². The van der Waals surface area contributed by atoms with Gasteiger partial charge in [-0.15, -0.1) is 0 Å². The molecule has 1 saturated heterocycles. The molecule has 0 amide bonds. The second-order valence-corrected chi connectivity index (χ2v) is 5.29. The smallest absolute Gasteiger partial charge is 0.320 e. The number of nitrogens with one attached hydrogen (secondary N) is 3. The lowest BCUT2D eigenvalue weighted by atomic mass is 9.97. The van der Waals surface area contributed by atoms with Crippen molar-refractivity contribution in [3.8, 4) is 0 Å². The van der Waals surface area contributed by atoms with E-state index in [1.54, 1.807) is 0 Å². The Morgan fingerprint density at radius 1 is 1.26 bits per heavy atom. The van der Waals surface area contributed by atoms with Crippen molar-refractivity contribution in [2.45, 2.75) is 49.5 Å². The van der Waals surface area contributed by atoms with Crippen LogP contribution >= 0.6 is 0 Å². The van der Waals surface area contributed by atoms with Crippen LogP contribution in [0.1, 0.15) is 12.8 Å². The fourth-order valence-corrected chi connectivity index (χ4v) is 2.24. The van der Waals surface area contributed by atoms with E-state index in [1.807, 2.05) is 0 Å². The van der Waals surface area contributed by atoms with Gasteiger partial charge in [-0.25, -0.2) is 0 Å². The van der Waals surface area contributed by atoms with Crippen molar-refractivity contribution < 1.29 is 35.1 Å². The van der Waals surface area contributed by atoms with E-state index in [-0.39, 0.29) is 12.4 Å². The molecule has 1 heterocycles. The molecule has 0 saturated carbocycles. The Kier molecular flexibility index (Phi) is 7.61. The molecule has 0 radical (unpaired) electrons. The molecule has 1 fully saturated rings. The number of rotatable bonds is 8. The van der Waals surface area contributed by atoms with Crippen molar-refractivity contribution in [3.63, 3.8) is 0 Å². The molecule has 6 atom stereocenters. The van der Waals surface area contributed by atoms with Gasteiger partial charge < -0.3 is 41.3 Å². The first-order valence-electron chi connectivity index (χ1n) is 7.15. The molecule has 1 aliphatic rings. The standard InChI is InChI=1S/C12H24N4O7/c13-12(14)15-3-1-2-5(11(21)22)16-10-9(20)8(19)7(18)6(4-17)23-10/h5-10,16-20H,1-4H2,(H,21,22)(H4,13,14,15)/t5-,6+,7-,8-,9+,10?/m0/s1. The number of guanidine groups is 1. The number of ether oxygens (including phenoxy) is 1. The highest BCUT2D eigenvalue weighted by Crippen LogP contribution is 2.20. The Morgan fingerprint density at radius 3 is 2.43 bits per heavy atom. The molecule has 0 aromatic carbocycles. The third-order valence-corrected chi connectivity index (χ3v) is 3.54. The van der Waals surface area contributed by atoms with Crippen molar-refractivity contribution >= 4 is 11.9 Å². The SMILES string of the molecule is N=C(N)NCCC[C@H](NC1O[C@H](CO)[C@H](O)[C@H](O)[C@H]1O)C(=O)O. The Morgan fingerprint density at radius 2 is 1.91 bits per heavy atom. The third kappa shape index (κ3) is 5.57. The molecular formula is C12H24N4O7. The number of aliphatic carboxylic acids is 1. The van der Waals surface area contributed by atoms with Crippen LogP contribution in [0.15, 0.2) is 0 Å². The van der Waals surface area contributed by atoms with Crippen LogP contribution in [0.4, 0.5) is 0 Å². The highest BCUT2D eigenvalue weighted by molar-refractivity contribution is 5.74. The zero-order chi connectivity index (χ0) is 17.6. The molecular weight excluding hydrogens is 312 g/mol. The summed E-state index contributed by atoms with van der Waals surface area (Å²) in [5.41, 5.74) is 5.11. The van der Waals surface area contributed by atoms with Gasteiger partial charge in [-0.1, -0.05) is 0 Å². The predicted molar refractivity (Wildman–Crippen MR) is 77.5 cm³/mol. The van der Waals surface area contributed by atoms with Crippen LogP contribution in [0.2, 0.25) is 0 Å². The summed E-state index contributed by atoms with van der Waals surface area (Å²) in [6.07, 6.45) is -6.48. The minimum absolute atomic E-state index is 0.143. The zero-order valence-corrected chi connectivity index (χ0v) is 12.4. The van der Waals surface area contributed by atoms with E-state index in [9.17, 15) is 25.2 Å². The first-order chi connectivity index (χ1) is 10.8. The van der Waals surface area contributed by atoms with Gasteiger partial charge in [0.1, 0.15) is 36.7 Å². The van der Waals surface area contributed by atoms with E-state index in [2.05, 4.69) is 10.6 Å². The Balaban J connectivity index is 2.60. The molecule has 0 bridgehead atoms. The van der Waals surface area contributed by atoms with Crippen LogP contribution in [0.25, 0.3) is 0 Å². The lowest BCUT2D eigenvalue weighted by Gasteiger charge is -2.41. The Labute approximate surface area is 132 Å². The van der Waals surface area contributed by atoms with Crippen LogP contribution < -0.4 is 16.4 Å². The summed E-state index contributed by atoms with van der Waals surface area (Å²) in [6.45, 7) is -0.293. The van der Waals surface area contributed by atoms with Crippen molar-refractivity contribution in [3.05, 3.63) is 0 Å². The summed E-state index contributed by atoms with van der Waals surface area (Å²) in [7, 11) is 0. The number of carboxylic acids is 1. The number of aliphatic hydroxyl groups is 4.